The SMILES string of the molecule is Cc1nccc2c1[nH]c1cc(OS(=O)(=O)C(F)(F)F)ccc12. The van der Waals surface area contributed by atoms with E-state index in [4.69, 9.17) is 0 Å². The Hall–Kier alpha value is -2.29. The minimum absolute atomic E-state index is 0.415. The van der Waals surface area contributed by atoms with Gasteiger partial charge in [-0.2, -0.15) is 21.6 Å². The highest BCUT2D eigenvalue weighted by Crippen LogP contribution is 2.32. The molecule has 0 saturated heterocycles. The van der Waals surface area contributed by atoms with Crippen molar-refractivity contribution in [1.82, 2.24) is 9.97 Å². The first-order valence-corrected chi connectivity index (χ1v) is 7.48. The zero-order chi connectivity index (χ0) is 16.1. The number of hydrogen-bond donors (Lipinski definition) is 1. The van der Waals surface area contributed by atoms with Crippen LogP contribution in [0.15, 0.2) is 30.5 Å². The Kier molecular flexibility index (Phi) is 3.06. The van der Waals surface area contributed by atoms with Gasteiger partial charge in [0.15, 0.2) is 0 Å². The first-order valence-electron chi connectivity index (χ1n) is 6.07. The smallest absolute Gasteiger partial charge is 0.376 e. The maximum Gasteiger partial charge on any atom is 0.534 e. The lowest BCUT2D eigenvalue weighted by molar-refractivity contribution is -0.0500. The van der Waals surface area contributed by atoms with Gasteiger partial charge in [0.05, 0.1) is 16.7 Å². The molecule has 0 aliphatic heterocycles. The molecular formula is C13H9F3N2O3S. The summed E-state index contributed by atoms with van der Waals surface area (Å²) >= 11 is 0. The summed E-state index contributed by atoms with van der Waals surface area (Å²) in [6.45, 7) is 1.78. The van der Waals surface area contributed by atoms with Crippen LogP contribution in [0, 0.1) is 6.92 Å². The first kappa shape index (κ1) is 14.6. The third-order valence-electron chi connectivity index (χ3n) is 3.17. The highest BCUT2D eigenvalue weighted by molar-refractivity contribution is 7.88. The number of aryl methyl sites for hydroxylation is 1. The molecule has 0 aliphatic rings. The van der Waals surface area contributed by atoms with Crippen molar-refractivity contribution >= 4 is 31.9 Å². The van der Waals surface area contributed by atoms with Gasteiger partial charge in [-0.25, -0.2) is 0 Å². The van der Waals surface area contributed by atoms with Crippen molar-refractivity contribution in [3.8, 4) is 5.75 Å². The Bertz CT molecular complexity index is 977. The van der Waals surface area contributed by atoms with Crippen LogP contribution in [0.4, 0.5) is 13.2 Å². The largest absolute Gasteiger partial charge is 0.534 e. The number of halogens is 3. The fourth-order valence-electron chi connectivity index (χ4n) is 2.17. The summed E-state index contributed by atoms with van der Waals surface area (Å²) in [5.41, 5.74) is -3.56. The van der Waals surface area contributed by atoms with Gasteiger partial charge in [0.2, 0.25) is 0 Å². The van der Waals surface area contributed by atoms with Gasteiger partial charge in [-0.3, -0.25) is 4.98 Å². The molecule has 9 heteroatoms. The lowest BCUT2D eigenvalue weighted by Crippen LogP contribution is -2.28. The number of aromatic nitrogens is 2. The molecule has 0 spiro atoms. The fraction of sp³-hybridized carbons (Fsp3) is 0.154. The maximum atomic E-state index is 12.3. The van der Waals surface area contributed by atoms with Crippen LogP contribution in [0.2, 0.25) is 0 Å². The van der Waals surface area contributed by atoms with Gasteiger partial charge in [-0.15, -0.1) is 0 Å². The first-order chi connectivity index (χ1) is 10.2. The number of pyridine rings is 1. The van der Waals surface area contributed by atoms with Crippen molar-refractivity contribution in [2.75, 3.05) is 0 Å². The summed E-state index contributed by atoms with van der Waals surface area (Å²) < 4.78 is 63.1. The topological polar surface area (TPSA) is 72.0 Å². The third kappa shape index (κ3) is 2.27. The second kappa shape index (κ2) is 4.60. The molecule has 116 valence electrons. The van der Waals surface area contributed by atoms with Gasteiger partial charge in [0.25, 0.3) is 0 Å². The van der Waals surface area contributed by atoms with Gasteiger partial charge in [-0.1, -0.05) is 0 Å². The molecule has 5 nitrogen and oxygen atoms in total. The van der Waals surface area contributed by atoms with Crippen LogP contribution < -0.4 is 4.18 Å². The Balaban J connectivity index is 2.12. The van der Waals surface area contributed by atoms with E-state index < -0.39 is 21.4 Å². The molecule has 0 saturated carbocycles. The molecule has 0 atom stereocenters. The number of nitrogens with one attached hydrogen (secondary N) is 1. The molecule has 0 radical (unpaired) electrons. The van der Waals surface area contributed by atoms with E-state index in [0.717, 1.165) is 22.0 Å². The molecule has 0 bridgehead atoms. The molecule has 2 heterocycles. The van der Waals surface area contributed by atoms with E-state index in [0.29, 0.717) is 5.52 Å². The molecule has 3 rings (SSSR count). The van der Waals surface area contributed by atoms with Crippen molar-refractivity contribution in [3.05, 3.63) is 36.2 Å². The summed E-state index contributed by atoms with van der Waals surface area (Å²) in [6, 6.07) is 5.63. The number of aromatic amines is 1. The number of nitrogens with zero attached hydrogens (tertiary/aromatic N) is 1. The van der Waals surface area contributed by atoms with Crippen LogP contribution in [0.5, 0.6) is 5.75 Å². The quantitative estimate of drug-likeness (QED) is 0.578. The molecule has 1 aromatic carbocycles. The monoisotopic (exact) mass is 330 g/mol. The lowest BCUT2D eigenvalue weighted by Gasteiger charge is -2.09. The summed E-state index contributed by atoms with van der Waals surface area (Å²) in [6.07, 6.45) is 1.61. The summed E-state index contributed by atoms with van der Waals surface area (Å²) in [5, 5.41) is 1.57. The normalized spacial score (nSPS) is 12.9. The molecule has 0 fully saturated rings. The molecule has 2 aromatic heterocycles. The third-order valence-corrected chi connectivity index (χ3v) is 4.15. The Morgan fingerprint density at radius 1 is 1.18 bits per heavy atom. The van der Waals surface area contributed by atoms with Crippen molar-refractivity contribution in [2.24, 2.45) is 0 Å². The van der Waals surface area contributed by atoms with Crippen molar-refractivity contribution in [1.29, 1.82) is 0 Å². The van der Waals surface area contributed by atoms with Crippen LogP contribution in [-0.4, -0.2) is 23.9 Å². The molecule has 22 heavy (non-hydrogen) atoms. The average molecular weight is 330 g/mol. The standard InChI is InChI=1S/C13H9F3N2O3S/c1-7-12-10(4-5-17-7)9-3-2-8(6-11(9)18-12)21-22(19,20)13(14,15)16/h2-6,18H,1H3. The van der Waals surface area contributed by atoms with Gasteiger partial charge < -0.3 is 9.17 Å². The van der Waals surface area contributed by atoms with Gasteiger partial charge in [-0.05, 0) is 25.1 Å². The minimum Gasteiger partial charge on any atom is -0.376 e. The second-order valence-electron chi connectivity index (χ2n) is 4.63. The van der Waals surface area contributed by atoms with Crippen LogP contribution >= 0.6 is 0 Å². The van der Waals surface area contributed by atoms with Crippen LogP contribution in [0.1, 0.15) is 5.69 Å². The second-order valence-corrected chi connectivity index (χ2v) is 6.17. The molecule has 3 aromatic rings. The molecule has 1 N–H and O–H groups in total. The number of rotatable bonds is 2. The fourth-order valence-corrected chi connectivity index (χ4v) is 2.62. The van der Waals surface area contributed by atoms with Crippen LogP contribution in [-0.2, 0) is 10.1 Å². The van der Waals surface area contributed by atoms with Crippen molar-refractivity contribution in [2.45, 2.75) is 12.4 Å². The van der Waals surface area contributed by atoms with Gasteiger partial charge in [0.1, 0.15) is 5.75 Å². The number of hydrogen-bond acceptors (Lipinski definition) is 4. The summed E-state index contributed by atoms with van der Waals surface area (Å²) in [7, 11) is -5.68. The minimum atomic E-state index is -5.68. The van der Waals surface area contributed by atoms with E-state index in [1.54, 1.807) is 19.2 Å². The number of alkyl halides is 3. The predicted octanol–water partition coefficient (Wildman–Crippen LogP) is 3.25. The highest BCUT2D eigenvalue weighted by atomic mass is 32.2. The number of fused-ring (bicyclic) bond motifs is 3. The molecule has 0 aliphatic carbocycles. The number of H-pyrrole nitrogens is 1. The van der Waals surface area contributed by atoms with E-state index in [1.807, 2.05) is 0 Å². The molecular weight excluding hydrogens is 321 g/mol. The highest BCUT2D eigenvalue weighted by Gasteiger charge is 2.48. The van der Waals surface area contributed by atoms with E-state index in [1.165, 1.54) is 18.2 Å². The zero-order valence-corrected chi connectivity index (χ0v) is 11.9. The van der Waals surface area contributed by atoms with Gasteiger partial charge in [0, 0.05) is 23.0 Å². The van der Waals surface area contributed by atoms with E-state index in [-0.39, 0.29) is 0 Å². The Labute approximate surface area is 122 Å². The van der Waals surface area contributed by atoms with Crippen LogP contribution in [0.25, 0.3) is 21.8 Å². The number of benzene rings is 1. The zero-order valence-electron chi connectivity index (χ0n) is 11.1. The summed E-state index contributed by atoms with van der Waals surface area (Å²) in [5.74, 6) is -0.415. The predicted molar refractivity (Wildman–Crippen MR) is 73.9 cm³/mol. The summed E-state index contributed by atoms with van der Waals surface area (Å²) in [4.78, 5) is 7.10. The van der Waals surface area contributed by atoms with E-state index in [2.05, 4.69) is 14.2 Å². The van der Waals surface area contributed by atoms with Crippen LogP contribution in [0.3, 0.4) is 0 Å². The molecule has 0 amide bonds. The van der Waals surface area contributed by atoms with Gasteiger partial charge >= 0.3 is 15.6 Å². The maximum absolute atomic E-state index is 12.3. The van der Waals surface area contributed by atoms with E-state index in [9.17, 15) is 21.6 Å². The van der Waals surface area contributed by atoms with E-state index >= 15 is 0 Å². The average Bonchev–Trinajstić information content (AvgIpc) is 2.76. The lowest BCUT2D eigenvalue weighted by atomic mass is 10.1. The Morgan fingerprint density at radius 2 is 1.91 bits per heavy atom. The molecule has 0 unspecified atom stereocenters. The van der Waals surface area contributed by atoms with Crippen molar-refractivity contribution in [3.63, 3.8) is 0 Å². The Morgan fingerprint density at radius 3 is 2.59 bits per heavy atom. The van der Waals surface area contributed by atoms with Crippen molar-refractivity contribution < 1.29 is 25.8 Å².